The fraction of sp³-hybridized carbons (Fsp3) is 0.667. The van der Waals surface area contributed by atoms with Gasteiger partial charge in [-0.15, -0.1) is 0 Å². The normalized spacial score (nSPS) is 32.4. The highest BCUT2D eigenvalue weighted by molar-refractivity contribution is 5.85. The fourth-order valence-corrected chi connectivity index (χ4v) is 3.21. The molecule has 0 aliphatic heterocycles. The van der Waals surface area contributed by atoms with Crippen molar-refractivity contribution < 1.29 is 19.5 Å². The summed E-state index contributed by atoms with van der Waals surface area (Å²) >= 11 is 0. The number of aliphatic carboxylic acids is 1. The lowest BCUT2D eigenvalue weighted by molar-refractivity contribution is -0.147. The number of carboxylic acids is 1. The van der Waals surface area contributed by atoms with Gasteiger partial charge in [-0.2, -0.15) is 0 Å². The largest absolute Gasteiger partial charge is 0.481 e. The van der Waals surface area contributed by atoms with Crippen molar-refractivity contribution >= 4 is 17.8 Å². The Bertz CT molecular complexity index is 453. The number of allylic oxidation sites excluding steroid dienone is 2. The van der Waals surface area contributed by atoms with E-state index >= 15 is 0 Å². The first-order chi connectivity index (χ1) is 9.99. The summed E-state index contributed by atoms with van der Waals surface area (Å²) in [6.07, 6.45) is 7.38. The van der Waals surface area contributed by atoms with Gasteiger partial charge in [0, 0.05) is 12.0 Å². The number of amides is 2. The number of nitrogens with two attached hydrogens (primary N) is 1. The Kier molecular flexibility index (Phi) is 4.98. The van der Waals surface area contributed by atoms with E-state index in [1.54, 1.807) is 0 Å². The maximum Gasteiger partial charge on any atom is 0.307 e. The number of carboxylic acid groups (broad SMARTS) is 1. The Labute approximate surface area is 123 Å². The van der Waals surface area contributed by atoms with Crippen LogP contribution >= 0.6 is 0 Å². The predicted molar refractivity (Wildman–Crippen MR) is 76.1 cm³/mol. The van der Waals surface area contributed by atoms with Gasteiger partial charge in [0.15, 0.2) is 0 Å². The van der Waals surface area contributed by atoms with Gasteiger partial charge in [0.25, 0.3) is 0 Å². The summed E-state index contributed by atoms with van der Waals surface area (Å²) in [6, 6.07) is 0.0217. The SMILES string of the molecule is NC(=O)C1CCC(NC(=O)[C@@H]2CC=CC[C@@H]2C(=O)O)CC1. The van der Waals surface area contributed by atoms with Crippen molar-refractivity contribution in [3.63, 3.8) is 0 Å². The Hall–Kier alpha value is -1.85. The van der Waals surface area contributed by atoms with Crippen molar-refractivity contribution in [3.8, 4) is 0 Å². The van der Waals surface area contributed by atoms with Gasteiger partial charge in [0.1, 0.15) is 0 Å². The lowest BCUT2D eigenvalue weighted by atomic mass is 9.81. The zero-order valence-corrected chi connectivity index (χ0v) is 12.0. The number of hydrogen-bond donors (Lipinski definition) is 3. The third-order valence-corrected chi connectivity index (χ3v) is 4.56. The Morgan fingerprint density at radius 1 is 1.00 bits per heavy atom. The number of primary amides is 1. The van der Waals surface area contributed by atoms with Crippen molar-refractivity contribution in [1.82, 2.24) is 5.32 Å². The molecule has 0 aromatic heterocycles. The molecular formula is C15H22N2O4. The molecule has 0 heterocycles. The van der Waals surface area contributed by atoms with Crippen LogP contribution < -0.4 is 11.1 Å². The van der Waals surface area contributed by atoms with E-state index in [9.17, 15) is 19.5 Å². The molecule has 0 saturated heterocycles. The van der Waals surface area contributed by atoms with Crippen LogP contribution in [0, 0.1) is 17.8 Å². The first kappa shape index (κ1) is 15.5. The molecule has 116 valence electrons. The van der Waals surface area contributed by atoms with Gasteiger partial charge in [0.2, 0.25) is 11.8 Å². The lowest BCUT2D eigenvalue weighted by Gasteiger charge is -2.30. The van der Waals surface area contributed by atoms with Gasteiger partial charge in [-0.1, -0.05) is 12.2 Å². The highest BCUT2D eigenvalue weighted by Crippen LogP contribution is 2.28. The van der Waals surface area contributed by atoms with E-state index in [-0.39, 0.29) is 23.8 Å². The monoisotopic (exact) mass is 294 g/mol. The Balaban J connectivity index is 1.88. The minimum absolute atomic E-state index is 0.0217. The second-order valence-corrected chi connectivity index (χ2v) is 5.95. The molecule has 2 atom stereocenters. The molecule has 4 N–H and O–H groups in total. The molecule has 0 unspecified atom stereocenters. The smallest absolute Gasteiger partial charge is 0.307 e. The van der Waals surface area contributed by atoms with Crippen LogP contribution in [0.1, 0.15) is 38.5 Å². The van der Waals surface area contributed by atoms with Crippen molar-refractivity contribution in [2.45, 2.75) is 44.6 Å². The summed E-state index contributed by atoms with van der Waals surface area (Å²) in [4.78, 5) is 34.6. The quantitative estimate of drug-likeness (QED) is 0.666. The second-order valence-electron chi connectivity index (χ2n) is 5.95. The van der Waals surface area contributed by atoms with Gasteiger partial charge < -0.3 is 16.2 Å². The number of carbonyl (C=O) groups is 3. The topological polar surface area (TPSA) is 109 Å². The minimum atomic E-state index is -0.920. The van der Waals surface area contributed by atoms with Gasteiger partial charge in [-0.25, -0.2) is 0 Å². The molecule has 0 radical (unpaired) electrons. The molecule has 21 heavy (non-hydrogen) atoms. The van der Waals surface area contributed by atoms with Crippen LogP contribution in [0.2, 0.25) is 0 Å². The molecule has 0 spiro atoms. The number of rotatable bonds is 4. The van der Waals surface area contributed by atoms with E-state index in [4.69, 9.17) is 5.73 Å². The molecular weight excluding hydrogens is 272 g/mol. The molecule has 0 aromatic rings. The fourth-order valence-electron chi connectivity index (χ4n) is 3.21. The summed E-state index contributed by atoms with van der Waals surface area (Å²) in [5, 5.41) is 12.1. The molecule has 2 aliphatic rings. The summed E-state index contributed by atoms with van der Waals surface area (Å²) in [5.41, 5.74) is 5.28. The molecule has 0 aromatic carbocycles. The maximum absolute atomic E-state index is 12.3. The van der Waals surface area contributed by atoms with Gasteiger partial charge in [-0.3, -0.25) is 14.4 Å². The first-order valence-electron chi connectivity index (χ1n) is 7.46. The summed E-state index contributed by atoms with van der Waals surface area (Å²) in [7, 11) is 0. The second kappa shape index (κ2) is 6.74. The lowest BCUT2D eigenvalue weighted by Crippen LogP contribution is -2.45. The molecule has 0 bridgehead atoms. The summed E-state index contributed by atoms with van der Waals surface area (Å²) in [5.74, 6) is -2.62. The van der Waals surface area contributed by atoms with E-state index in [1.165, 1.54) is 0 Å². The average Bonchev–Trinajstić information content (AvgIpc) is 2.47. The first-order valence-corrected chi connectivity index (χ1v) is 7.46. The average molecular weight is 294 g/mol. The van der Waals surface area contributed by atoms with Crippen LogP contribution in [0.4, 0.5) is 0 Å². The molecule has 6 nitrogen and oxygen atoms in total. The predicted octanol–water partition coefficient (Wildman–Crippen LogP) is 0.814. The van der Waals surface area contributed by atoms with Crippen LogP contribution in [0.25, 0.3) is 0 Å². The van der Waals surface area contributed by atoms with Crippen molar-refractivity contribution in [2.75, 3.05) is 0 Å². The Morgan fingerprint density at radius 2 is 1.57 bits per heavy atom. The van der Waals surface area contributed by atoms with E-state index in [1.807, 2.05) is 12.2 Å². The van der Waals surface area contributed by atoms with Crippen LogP contribution in [0.3, 0.4) is 0 Å². The van der Waals surface area contributed by atoms with Crippen molar-refractivity contribution in [3.05, 3.63) is 12.2 Å². The molecule has 2 aliphatic carbocycles. The minimum Gasteiger partial charge on any atom is -0.481 e. The third-order valence-electron chi connectivity index (χ3n) is 4.56. The van der Waals surface area contributed by atoms with E-state index in [2.05, 4.69) is 5.32 Å². The zero-order chi connectivity index (χ0) is 15.4. The molecule has 6 heteroatoms. The summed E-state index contributed by atoms with van der Waals surface area (Å²) < 4.78 is 0. The molecule has 2 amide bonds. The molecule has 2 rings (SSSR count). The van der Waals surface area contributed by atoms with E-state index < -0.39 is 17.8 Å². The zero-order valence-electron chi connectivity index (χ0n) is 12.0. The van der Waals surface area contributed by atoms with Crippen molar-refractivity contribution in [1.29, 1.82) is 0 Å². The van der Waals surface area contributed by atoms with Gasteiger partial charge in [0.05, 0.1) is 11.8 Å². The molecule has 1 fully saturated rings. The van der Waals surface area contributed by atoms with Gasteiger partial charge >= 0.3 is 5.97 Å². The van der Waals surface area contributed by atoms with Crippen LogP contribution in [0.5, 0.6) is 0 Å². The standard InChI is InChI=1S/C15H22N2O4/c16-13(18)9-5-7-10(8-6-9)17-14(19)11-3-1-2-4-12(11)15(20)21/h1-2,9-12H,3-8H2,(H2,16,18)(H,17,19)(H,20,21)/t9?,10?,11-,12+/m1/s1. The molecule has 1 saturated carbocycles. The summed E-state index contributed by atoms with van der Waals surface area (Å²) in [6.45, 7) is 0. The van der Waals surface area contributed by atoms with Crippen LogP contribution in [0.15, 0.2) is 12.2 Å². The number of hydrogen-bond acceptors (Lipinski definition) is 3. The van der Waals surface area contributed by atoms with Crippen molar-refractivity contribution in [2.24, 2.45) is 23.5 Å². The Morgan fingerprint density at radius 3 is 2.10 bits per heavy atom. The third kappa shape index (κ3) is 3.83. The highest BCUT2D eigenvalue weighted by Gasteiger charge is 2.35. The highest BCUT2D eigenvalue weighted by atomic mass is 16.4. The maximum atomic E-state index is 12.3. The van der Waals surface area contributed by atoms with Gasteiger partial charge in [-0.05, 0) is 38.5 Å². The van der Waals surface area contributed by atoms with E-state index in [0.29, 0.717) is 25.7 Å². The number of nitrogens with one attached hydrogen (secondary N) is 1. The van der Waals surface area contributed by atoms with Crippen LogP contribution in [-0.4, -0.2) is 28.9 Å². The number of carbonyl (C=O) groups excluding carboxylic acids is 2. The van der Waals surface area contributed by atoms with E-state index in [0.717, 1.165) is 12.8 Å². The van der Waals surface area contributed by atoms with Crippen LogP contribution in [-0.2, 0) is 14.4 Å².